The van der Waals surface area contributed by atoms with Crippen LogP contribution in [0.1, 0.15) is 5.56 Å². The average Bonchev–Trinajstić information content (AvgIpc) is 3.09. The first-order valence-corrected chi connectivity index (χ1v) is 7.30. The molecular weight excluding hydrogens is 290 g/mol. The number of aromatic nitrogens is 2. The van der Waals surface area contributed by atoms with Gasteiger partial charge in [-0.1, -0.05) is 18.2 Å². The summed E-state index contributed by atoms with van der Waals surface area (Å²) in [6.07, 6.45) is 3.47. The monoisotopic (exact) mass is 307 g/mol. The summed E-state index contributed by atoms with van der Waals surface area (Å²) >= 11 is 0. The summed E-state index contributed by atoms with van der Waals surface area (Å²) in [4.78, 5) is 19.2. The highest BCUT2D eigenvalue weighted by atomic mass is 16.5. The number of carbonyl (C=O) groups is 1. The Labute approximate surface area is 134 Å². The van der Waals surface area contributed by atoms with E-state index in [1.807, 2.05) is 55.5 Å². The van der Waals surface area contributed by atoms with Crippen molar-refractivity contribution in [2.75, 3.05) is 11.9 Å². The molecule has 5 heteroatoms. The fourth-order valence-electron chi connectivity index (χ4n) is 2.19. The van der Waals surface area contributed by atoms with E-state index in [1.165, 1.54) is 0 Å². The number of ether oxygens (including phenoxy) is 1. The van der Waals surface area contributed by atoms with Crippen molar-refractivity contribution >= 4 is 11.6 Å². The van der Waals surface area contributed by atoms with Crippen LogP contribution in [0.25, 0.3) is 11.4 Å². The minimum absolute atomic E-state index is 0.0230. The highest BCUT2D eigenvalue weighted by Gasteiger charge is 2.06. The molecule has 0 aliphatic carbocycles. The largest absolute Gasteiger partial charge is 0.483 e. The van der Waals surface area contributed by atoms with Gasteiger partial charge in [0, 0.05) is 23.6 Å². The van der Waals surface area contributed by atoms with Gasteiger partial charge in [0.1, 0.15) is 11.6 Å². The van der Waals surface area contributed by atoms with Crippen molar-refractivity contribution in [1.82, 2.24) is 9.97 Å². The Bertz CT molecular complexity index is 780. The lowest BCUT2D eigenvalue weighted by Gasteiger charge is -2.09. The molecule has 1 heterocycles. The van der Waals surface area contributed by atoms with Crippen molar-refractivity contribution in [2.24, 2.45) is 0 Å². The molecule has 0 fully saturated rings. The summed E-state index contributed by atoms with van der Waals surface area (Å²) in [7, 11) is 0. The molecular formula is C18H17N3O2. The number of carbonyl (C=O) groups excluding carboxylic acids is 1. The molecule has 0 saturated heterocycles. The Morgan fingerprint density at radius 3 is 2.65 bits per heavy atom. The van der Waals surface area contributed by atoms with Crippen molar-refractivity contribution in [3.63, 3.8) is 0 Å². The van der Waals surface area contributed by atoms with Gasteiger partial charge in [-0.3, -0.25) is 4.79 Å². The summed E-state index contributed by atoms with van der Waals surface area (Å²) in [6.45, 7) is 1.92. The number of aryl methyl sites for hydroxylation is 1. The SMILES string of the molecule is Cc1ccccc1OCC(=O)Nc1ccc(-c2ncc[nH]2)cc1. The number of aromatic amines is 1. The van der Waals surface area contributed by atoms with Gasteiger partial charge in [-0.2, -0.15) is 0 Å². The standard InChI is InChI=1S/C18H17N3O2/c1-13-4-2-3-5-16(13)23-12-17(22)21-15-8-6-14(7-9-15)18-19-10-11-20-18/h2-11H,12H2,1H3,(H,19,20)(H,21,22). The number of benzene rings is 2. The Morgan fingerprint density at radius 2 is 1.96 bits per heavy atom. The third-order valence-electron chi connectivity index (χ3n) is 3.39. The molecule has 5 nitrogen and oxygen atoms in total. The average molecular weight is 307 g/mol. The molecule has 23 heavy (non-hydrogen) atoms. The third-order valence-corrected chi connectivity index (χ3v) is 3.39. The first-order chi connectivity index (χ1) is 11.2. The van der Waals surface area contributed by atoms with Gasteiger partial charge in [0.15, 0.2) is 6.61 Å². The molecule has 0 spiro atoms. The molecule has 0 saturated carbocycles. The maximum atomic E-state index is 12.0. The van der Waals surface area contributed by atoms with Crippen LogP contribution in [0, 0.1) is 6.92 Å². The van der Waals surface area contributed by atoms with Crippen molar-refractivity contribution < 1.29 is 9.53 Å². The molecule has 1 amide bonds. The molecule has 2 aromatic carbocycles. The van der Waals surface area contributed by atoms with Crippen molar-refractivity contribution in [2.45, 2.75) is 6.92 Å². The molecule has 2 N–H and O–H groups in total. The van der Waals surface area contributed by atoms with Gasteiger partial charge in [0.2, 0.25) is 0 Å². The molecule has 116 valence electrons. The highest BCUT2D eigenvalue weighted by Crippen LogP contribution is 2.18. The minimum Gasteiger partial charge on any atom is -0.483 e. The van der Waals surface area contributed by atoms with E-state index in [-0.39, 0.29) is 12.5 Å². The summed E-state index contributed by atoms with van der Waals surface area (Å²) in [6, 6.07) is 15.1. The molecule has 0 unspecified atom stereocenters. The number of hydrogen-bond donors (Lipinski definition) is 2. The smallest absolute Gasteiger partial charge is 0.262 e. The predicted molar refractivity (Wildman–Crippen MR) is 89.3 cm³/mol. The van der Waals surface area contributed by atoms with Crippen LogP contribution in [0.2, 0.25) is 0 Å². The number of nitrogens with one attached hydrogen (secondary N) is 2. The molecule has 0 bridgehead atoms. The minimum atomic E-state index is -0.195. The van der Waals surface area contributed by atoms with E-state index in [4.69, 9.17) is 4.74 Å². The molecule has 0 aliphatic rings. The first-order valence-electron chi connectivity index (χ1n) is 7.30. The van der Waals surface area contributed by atoms with E-state index < -0.39 is 0 Å². The topological polar surface area (TPSA) is 67.0 Å². The van der Waals surface area contributed by atoms with Gasteiger partial charge < -0.3 is 15.0 Å². The fourth-order valence-corrected chi connectivity index (χ4v) is 2.19. The molecule has 0 aliphatic heterocycles. The van der Waals surface area contributed by atoms with Crippen LogP contribution in [0.4, 0.5) is 5.69 Å². The van der Waals surface area contributed by atoms with Gasteiger partial charge in [-0.05, 0) is 42.8 Å². The number of H-pyrrole nitrogens is 1. The van der Waals surface area contributed by atoms with Crippen LogP contribution < -0.4 is 10.1 Å². The molecule has 3 rings (SSSR count). The summed E-state index contributed by atoms with van der Waals surface area (Å²) in [5.41, 5.74) is 2.69. The number of nitrogens with zero attached hydrogens (tertiary/aromatic N) is 1. The zero-order chi connectivity index (χ0) is 16.1. The van der Waals surface area contributed by atoms with Crippen LogP contribution in [-0.4, -0.2) is 22.5 Å². The van der Waals surface area contributed by atoms with Crippen molar-refractivity contribution in [1.29, 1.82) is 0 Å². The molecule has 0 radical (unpaired) electrons. The number of para-hydroxylation sites is 1. The molecule has 0 atom stereocenters. The second kappa shape index (κ2) is 6.79. The van der Waals surface area contributed by atoms with Crippen LogP contribution in [0.5, 0.6) is 5.75 Å². The van der Waals surface area contributed by atoms with E-state index in [9.17, 15) is 4.79 Å². The zero-order valence-corrected chi connectivity index (χ0v) is 12.7. The Kier molecular flexibility index (Phi) is 4.38. The van der Waals surface area contributed by atoms with Gasteiger partial charge in [-0.25, -0.2) is 4.98 Å². The van der Waals surface area contributed by atoms with Crippen LogP contribution in [-0.2, 0) is 4.79 Å². The van der Waals surface area contributed by atoms with Gasteiger partial charge in [-0.15, -0.1) is 0 Å². The van der Waals surface area contributed by atoms with Gasteiger partial charge in [0.05, 0.1) is 0 Å². The van der Waals surface area contributed by atoms with E-state index in [0.717, 1.165) is 28.4 Å². The van der Waals surface area contributed by atoms with Crippen LogP contribution in [0.15, 0.2) is 60.9 Å². The number of amides is 1. The number of anilines is 1. The van der Waals surface area contributed by atoms with E-state index in [1.54, 1.807) is 12.4 Å². The third kappa shape index (κ3) is 3.77. The van der Waals surface area contributed by atoms with E-state index in [0.29, 0.717) is 0 Å². The quantitative estimate of drug-likeness (QED) is 0.759. The van der Waals surface area contributed by atoms with E-state index in [2.05, 4.69) is 15.3 Å². The van der Waals surface area contributed by atoms with Crippen molar-refractivity contribution in [3.8, 4) is 17.1 Å². The Hall–Kier alpha value is -3.08. The lowest BCUT2D eigenvalue weighted by atomic mass is 10.2. The van der Waals surface area contributed by atoms with E-state index >= 15 is 0 Å². The normalized spacial score (nSPS) is 10.3. The maximum absolute atomic E-state index is 12.0. The second-order valence-electron chi connectivity index (χ2n) is 5.12. The lowest BCUT2D eigenvalue weighted by Crippen LogP contribution is -2.20. The number of imidazole rings is 1. The number of rotatable bonds is 5. The Balaban J connectivity index is 1.57. The van der Waals surface area contributed by atoms with Crippen LogP contribution in [0.3, 0.4) is 0 Å². The maximum Gasteiger partial charge on any atom is 0.262 e. The highest BCUT2D eigenvalue weighted by molar-refractivity contribution is 5.92. The summed E-state index contributed by atoms with van der Waals surface area (Å²) < 4.78 is 5.53. The van der Waals surface area contributed by atoms with Gasteiger partial charge >= 0.3 is 0 Å². The Morgan fingerprint density at radius 1 is 1.17 bits per heavy atom. The summed E-state index contributed by atoms with van der Waals surface area (Å²) in [5, 5.41) is 2.81. The molecule has 3 aromatic rings. The number of hydrogen-bond acceptors (Lipinski definition) is 3. The second-order valence-corrected chi connectivity index (χ2v) is 5.12. The first kappa shape index (κ1) is 14.8. The zero-order valence-electron chi connectivity index (χ0n) is 12.7. The lowest BCUT2D eigenvalue weighted by molar-refractivity contribution is -0.118. The van der Waals surface area contributed by atoms with Crippen molar-refractivity contribution in [3.05, 3.63) is 66.5 Å². The van der Waals surface area contributed by atoms with Crippen LogP contribution >= 0.6 is 0 Å². The van der Waals surface area contributed by atoms with Gasteiger partial charge in [0.25, 0.3) is 5.91 Å². The fraction of sp³-hybridized carbons (Fsp3) is 0.111. The summed E-state index contributed by atoms with van der Waals surface area (Å²) in [5.74, 6) is 1.32. The molecule has 1 aromatic heterocycles. The predicted octanol–water partition coefficient (Wildman–Crippen LogP) is 3.40.